The first-order valence-corrected chi connectivity index (χ1v) is 8.17. The van der Waals surface area contributed by atoms with Crippen LogP contribution in [-0.2, 0) is 6.42 Å². The van der Waals surface area contributed by atoms with Crippen LogP contribution in [0.2, 0.25) is 6.32 Å². The summed E-state index contributed by atoms with van der Waals surface area (Å²) in [7, 11) is -1.55. The summed E-state index contributed by atoms with van der Waals surface area (Å²) in [6.07, 6.45) is 1.02. The molecule has 27 heavy (non-hydrogen) atoms. The van der Waals surface area contributed by atoms with E-state index in [1.807, 2.05) is 0 Å². The number of carboxylic acid groups (broad SMARTS) is 1. The van der Waals surface area contributed by atoms with Gasteiger partial charge in [0.2, 0.25) is 0 Å². The van der Waals surface area contributed by atoms with E-state index in [2.05, 4.69) is 15.2 Å². The molecular weight excluding hydrogens is 357 g/mol. The number of amidine groups is 1. The molecule has 1 aliphatic rings. The molecule has 2 aromatic rings. The molecule has 0 bridgehead atoms. The molecule has 0 amide bonds. The van der Waals surface area contributed by atoms with Gasteiger partial charge in [0.05, 0.1) is 13.1 Å². The Balaban J connectivity index is 1.67. The third-order valence-corrected chi connectivity index (χ3v) is 4.21. The molecular formula is C15H18BN5O6. The summed E-state index contributed by atoms with van der Waals surface area (Å²) in [6.45, 7) is 0.718. The molecule has 1 aromatic heterocycles. The molecule has 142 valence electrons. The zero-order valence-electron chi connectivity index (χ0n) is 14.2. The van der Waals surface area contributed by atoms with Crippen molar-refractivity contribution < 1.29 is 29.8 Å². The maximum absolute atomic E-state index is 11.5. The first kappa shape index (κ1) is 18.7. The summed E-state index contributed by atoms with van der Waals surface area (Å²) in [4.78, 5) is 17.1. The van der Waals surface area contributed by atoms with E-state index < -0.39 is 18.8 Å². The third kappa shape index (κ3) is 4.01. The number of phenols is 1. The van der Waals surface area contributed by atoms with E-state index in [1.54, 1.807) is 4.90 Å². The van der Waals surface area contributed by atoms with Gasteiger partial charge in [-0.25, -0.2) is 9.78 Å². The Hall–Kier alpha value is -3.12. The predicted molar refractivity (Wildman–Crippen MR) is 93.0 cm³/mol. The van der Waals surface area contributed by atoms with Gasteiger partial charge in [-0.2, -0.15) is 5.10 Å². The highest BCUT2D eigenvalue weighted by Gasteiger charge is 2.33. The number of hydrogen-bond donors (Lipinski definition) is 6. The van der Waals surface area contributed by atoms with Crippen molar-refractivity contribution in [3.8, 4) is 11.5 Å². The van der Waals surface area contributed by atoms with Gasteiger partial charge in [-0.15, -0.1) is 0 Å². The molecule has 0 radical (unpaired) electrons. The maximum Gasteiger partial charge on any atom is 0.451 e. The second kappa shape index (κ2) is 7.64. The first-order chi connectivity index (χ1) is 12.9. The molecule has 12 heteroatoms. The van der Waals surface area contributed by atoms with Crippen LogP contribution in [0.1, 0.15) is 21.7 Å². The highest BCUT2D eigenvalue weighted by molar-refractivity contribution is 6.41. The lowest BCUT2D eigenvalue weighted by Gasteiger charge is -2.40. The van der Waals surface area contributed by atoms with Crippen molar-refractivity contribution in [2.24, 2.45) is 0 Å². The summed E-state index contributed by atoms with van der Waals surface area (Å²) in [5.74, 6) is -1.30. The second-order valence-corrected chi connectivity index (χ2v) is 6.10. The summed E-state index contributed by atoms with van der Waals surface area (Å²) in [6, 6.07) is 2.93. The number of hydrogen-bond acceptors (Lipinski definition) is 8. The van der Waals surface area contributed by atoms with E-state index in [-0.39, 0.29) is 41.6 Å². The zero-order chi connectivity index (χ0) is 19.6. The lowest BCUT2D eigenvalue weighted by Crippen LogP contribution is -2.56. The molecule has 0 saturated carbocycles. The number of H-pyrrole nitrogens is 1. The summed E-state index contributed by atoms with van der Waals surface area (Å²) >= 11 is 0. The summed E-state index contributed by atoms with van der Waals surface area (Å²) in [5, 5.41) is 51.8. The molecule has 1 aliphatic heterocycles. The van der Waals surface area contributed by atoms with Gasteiger partial charge in [0, 0.05) is 0 Å². The number of nitrogens with zero attached hydrogens (tertiary/aromatic N) is 3. The van der Waals surface area contributed by atoms with Gasteiger partial charge >= 0.3 is 13.1 Å². The predicted octanol–water partition coefficient (Wildman–Crippen LogP) is -0.688. The van der Waals surface area contributed by atoms with Gasteiger partial charge in [0.1, 0.15) is 29.5 Å². The molecule has 6 N–H and O–H groups in total. The van der Waals surface area contributed by atoms with E-state index in [0.29, 0.717) is 18.9 Å². The normalized spacial score (nSPS) is 13.9. The minimum absolute atomic E-state index is 0.0177. The molecule has 3 rings (SSSR count). The molecule has 0 spiro atoms. The van der Waals surface area contributed by atoms with E-state index in [9.17, 15) is 15.0 Å². The number of aromatic hydroxyl groups is 1. The van der Waals surface area contributed by atoms with Crippen molar-refractivity contribution >= 4 is 18.9 Å². The largest absolute Gasteiger partial charge is 0.507 e. The Labute approximate surface area is 153 Å². The third-order valence-electron chi connectivity index (χ3n) is 4.21. The Morgan fingerprint density at radius 1 is 1.41 bits per heavy atom. The smallest absolute Gasteiger partial charge is 0.451 e. The Bertz CT molecular complexity index is 837. The van der Waals surface area contributed by atoms with Crippen molar-refractivity contribution in [1.82, 2.24) is 20.1 Å². The molecule has 1 aromatic carbocycles. The van der Waals surface area contributed by atoms with Gasteiger partial charge in [-0.3, -0.25) is 10.5 Å². The number of aromatic carboxylic acids is 1. The average Bonchev–Trinajstić information content (AvgIpc) is 3.10. The van der Waals surface area contributed by atoms with Gasteiger partial charge in [-0.1, -0.05) is 6.07 Å². The van der Waals surface area contributed by atoms with E-state index >= 15 is 0 Å². The van der Waals surface area contributed by atoms with Crippen molar-refractivity contribution in [2.45, 2.75) is 18.8 Å². The molecule has 0 atom stereocenters. The summed E-state index contributed by atoms with van der Waals surface area (Å²) in [5.41, 5.74) is -0.0844. The van der Waals surface area contributed by atoms with Crippen LogP contribution in [0, 0.1) is 5.41 Å². The minimum atomic E-state index is -1.55. The highest BCUT2D eigenvalue weighted by atomic mass is 16.5. The number of nitrogens with one attached hydrogen (secondary N) is 2. The Kier molecular flexibility index (Phi) is 5.28. The number of carboxylic acids is 1. The van der Waals surface area contributed by atoms with E-state index in [0.717, 1.165) is 0 Å². The topological polar surface area (TPSA) is 176 Å². The van der Waals surface area contributed by atoms with Crippen LogP contribution in [0.3, 0.4) is 0 Å². The van der Waals surface area contributed by atoms with Crippen LogP contribution in [0.4, 0.5) is 0 Å². The number of rotatable bonds is 7. The Morgan fingerprint density at radius 3 is 2.74 bits per heavy atom. The fourth-order valence-corrected chi connectivity index (χ4v) is 2.75. The van der Waals surface area contributed by atoms with Gasteiger partial charge in [-0.05, 0) is 24.4 Å². The first-order valence-electron chi connectivity index (χ1n) is 8.17. The molecule has 1 fully saturated rings. The van der Waals surface area contributed by atoms with Crippen molar-refractivity contribution in [2.75, 3.05) is 13.1 Å². The fraction of sp³-hybridized carbons (Fsp3) is 0.333. The standard InChI is InChI=1S/C15H18BN5O6/c17-13(14-18-7-19-20-14)21-5-9(6-21)27-10-2-1-8(3-4-16(25)26)12(22)11(10)15(23)24/h1-2,7,9,17,22,25-26H,3-6H2,(H,23,24)(H,18,19,20). The van der Waals surface area contributed by atoms with Gasteiger partial charge in [0.15, 0.2) is 11.7 Å². The number of aromatic amines is 1. The fourth-order valence-electron chi connectivity index (χ4n) is 2.75. The molecule has 2 heterocycles. The number of benzene rings is 1. The summed E-state index contributed by atoms with van der Waals surface area (Å²) < 4.78 is 5.68. The Morgan fingerprint density at radius 2 is 2.15 bits per heavy atom. The number of likely N-dealkylation sites (tertiary alicyclic amines) is 1. The van der Waals surface area contributed by atoms with Crippen LogP contribution in [0.15, 0.2) is 18.5 Å². The van der Waals surface area contributed by atoms with E-state index in [1.165, 1.54) is 18.5 Å². The van der Waals surface area contributed by atoms with Crippen LogP contribution in [0.25, 0.3) is 0 Å². The number of aromatic nitrogens is 3. The molecule has 0 unspecified atom stereocenters. The van der Waals surface area contributed by atoms with Crippen LogP contribution >= 0.6 is 0 Å². The number of carbonyl (C=O) groups is 1. The van der Waals surface area contributed by atoms with Crippen LogP contribution in [-0.4, -0.2) is 78.5 Å². The molecule has 1 saturated heterocycles. The lowest BCUT2D eigenvalue weighted by molar-refractivity contribution is 0.0595. The number of aryl methyl sites for hydroxylation is 1. The minimum Gasteiger partial charge on any atom is -0.507 e. The monoisotopic (exact) mass is 375 g/mol. The lowest BCUT2D eigenvalue weighted by atomic mass is 9.82. The SMILES string of the molecule is N=C(c1ncn[nH]1)N1CC(Oc2ccc(CCB(O)O)c(O)c2C(=O)O)C1. The van der Waals surface area contributed by atoms with Gasteiger partial charge in [0.25, 0.3) is 0 Å². The van der Waals surface area contributed by atoms with Crippen molar-refractivity contribution in [3.63, 3.8) is 0 Å². The zero-order valence-corrected chi connectivity index (χ0v) is 14.2. The molecule has 11 nitrogen and oxygen atoms in total. The highest BCUT2D eigenvalue weighted by Crippen LogP contribution is 2.34. The maximum atomic E-state index is 11.5. The number of ether oxygens (including phenoxy) is 1. The van der Waals surface area contributed by atoms with Crippen molar-refractivity contribution in [3.05, 3.63) is 35.4 Å². The van der Waals surface area contributed by atoms with Crippen LogP contribution < -0.4 is 4.74 Å². The molecule has 0 aliphatic carbocycles. The van der Waals surface area contributed by atoms with Gasteiger partial charge < -0.3 is 29.9 Å². The quantitative estimate of drug-likeness (QED) is 0.208. The average molecular weight is 375 g/mol. The second-order valence-electron chi connectivity index (χ2n) is 6.10. The van der Waals surface area contributed by atoms with E-state index in [4.69, 9.17) is 20.2 Å². The van der Waals surface area contributed by atoms with Crippen molar-refractivity contribution in [1.29, 1.82) is 5.41 Å². The van der Waals surface area contributed by atoms with Crippen LogP contribution in [0.5, 0.6) is 11.5 Å².